The van der Waals surface area contributed by atoms with Crippen LogP contribution in [0, 0.1) is 0 Å². The Morgan fingerprint density at radius 3 is 2.49 bits per heavy atom. The number of carbonyl (C=O) groups excluding carboxylic acids is 1. The van der Waals surface area contributed by atoms with Crippen LogP contribution in [0.3, 0.4) is 0 Å². The summed E-state index contributed by atoms with van der Waals surface area (Å²) in [6.45, 7) is 2.27. The Bertz CT molecular complexity index is 1300. The van der Waals surface area contributed by atoms with E-state index in [0.717, 1.165) is 41.3 Å². The third-order valence-electron chi connectivity index (χ3n) is 6.21. The molecule has 0 aliphatic carbocycles. The van der Waals surface area contributed by atoms with E-state index in [-0.39, 0.29) is 24.7 Å². The topological polar surface area (TPSA) is 91.9 Å². The van der Waals surface area contributed by atoms with Gasteiger partial charge in [-0.3, -0.25) is 0 Å². The minimum absolute atomic E-state index is 0.0509. The maximum absolute atomic E-state index is 12.2. The summed E-state index contributed by atoms with van der Waals surface area (Å²) in [7, 11) is 0. The zero-order valence-electron chi connectivity index (χ0n) is 19.9. The molecule has 1 unspecified atom stereocenters. The molecule has 1 atom stereocenters. The van der Waals surface area contributed by atoms with E-state index in [0.29, 0.717) is 17.5 Å². The molecule has 0 amide bonds. The lowest BCUT2D eigenvalue weighted by atomic mass is 10.0. The lowest BCUT2D eigenvalue weighted by Gasteiger charge is -2.13. The normalized spacial score (nSPS) is 12.1. The van der Waals surface area contributed by atoms with Crippen molar-refractivity contribution in [3.63, 3.8) is 0 Å². The molecule has 0 bridgehead atoms. The van der Waals surface area contributed by atoms with E-state index < -0.39 is 12.1 Å². The Labute approximate surface area is 205 Å². The number of unbranched alkanes of at least 4 members (excludes halogenated alkanes) is 1. The van der Waals surface area contributed by atoms with Crippen LogP contribution in [-0.4, -0.2) is 38.6 Å². The van der Waals surface area contributed by atoms with Gasteiger partial charge in [-0.1, -0.05) is 55.8 Å². The summed E-state index contributed by atoms with van der Waals surface area (Å²) in [6, 6.07) is 19.9. The highest BCUT2D eigenvalue weighted by Crippen LogP contribution is 2.34. The number of para-hydroxylation sites is 1. The molecule has 1 heterocycles. The molecule has 0 saturated heterocycles. The highest BCUT2D eigenvalue weighted by molar-refractivity contribution is 5.89. The largest absolute Gasteiger partial charge is 0.507 e. The first-order chi connectivity index (χ1) is 17.0. The summed E-state index contributed by atoms with van der Waals surface area (Å²) in [5, 5.41) is 32.9. The molecular weight excluding hydrogens is 442 g/mol. The van der Waals surface area contributed by atoms with Crippen molar-refractivity contribution in [2.24, 2.45) is 0 Å². The van der Waals surface area contributed by atoms with Crippen LogP contribution in [0.2, 0.25) is 0 Å². The van der Waals surface area contributed by atoms with Gasteiger partial charge in [0.2, 0.25) is 0 Å². The van der Waals surface area contributed by atoms with Gasteiger partial charge in [-0.15, -0.1) is 0 Å². The molecule has 0 fully saturated rings. The number of hydrogen-bond donors (Lipinski definition) is 3. The molecule has 35 heavy (non-hydrogen) atoms. The molecule has 182 valence electrons. The van der Waals surface area contributed by atoms with Crippen molar-refractivity contribution >= 4 is 16.9 Å². The smallest absolute Gasteiger partial charge is 0.338 e. The van der Waals surface area contributed by atoms with E-state index in [1.807, 2.05) is 41.1 Å². The van der Waals surface area contributed by atoms with E-state index >= 15 is 0 Å². The van der Waals surface area contributed by atoms with E-state index in [2.05, 4.69) is 6.92 Å². The van der Waals surface area contributed by atoms with Gasteiger partial charge in [-0.2, -0.15) is 0 Å². The second-order valence-electron chi connectivity index (χ2n) is 8.80. The number of phenolic OH excluding ortho intramolecular Hbond substituents is 2. The fraction of sp³-hybridized carbons (Fsp3) is 0.276. The fourth-order valence-electron chi connectivity index (χ4n) is 4.33. The quantitative estimate of drug-likeness (QED) is 0.275. The van der Waals surface area contributed by atoms with Crippen LogP contribution in [0.5, 0.6) is 11.5 Å². The number of aliphatic hydroxyl groups excluding tert-OH is 1. The zero-order valence-corrected chi connectivity index (χ0v) is 19.9. The Morgan fingerprint density at radius 1 is 0.971 bits per heavy atom. The maximum Gasteiger partial charge on any atom is 0.338 e. The van der Waals surface area contributed by atoms with Gasteiger partial charge in [-0.25, -0.2) is 4.79 Å². The lowest BCUT2D eigenvalue weighted by molar-refractivity contribution is 0.0259. The first-order valence-corrected chi connectivity index (χ1v) is 12.0. The number of phenols is 2. The second kappa shape index (κ2) is 11.1. The first kappa shape index (κ1) is 24.4. The zero-order chi connectivity index (χ0) is 24.8. The highest BCUT2D eigenvalue weighted by atomic mass is 16.5. The van der Waals surface area contributed by atoms with Gasteiger partial charge in [-0.05, 0) is 48.2 Å². The van der Waals surface area contributed by atoms with Crippen molar-refractivity contribution in [3.05, 3.63) is 95.2 Å². The minimum atomic E-state index is -0.874. The molecule has 0 radical (unpaired) electrons. The number of ether oxygens (including phenoxy) is 1. The molecule has 0 saturated carbocycles. The summed E-state index contributed by atoms with van der Waals surface area (Å²) in [4.78, 5) is 12.2. The predicted octanol–water partition coefficient (Wildman–Crippen LogP) is 5.20. The summed E-state index contributed by atoms with van der Waals surface area (Å²) in [6.07, 6.45) is 4.07. The summed E-state index contributed by atoms with van der Waals surface area (Å²) in [5.74, 6) is -0.290. The number of aliphatic hydroxyl groups is 1. The molecule has 1 aromatic heterocycles. The Balaban J connectivity index is 1.53. The Morgan fingerprint density at radius 2 is 1.71 bits per heavy atom. The molecule has 0 aliphatic heterocycles. The molecule has 3 aromatic carbocycles. The van der Waals surface area contributed by atoms with E-state index in [1.54, 1.807) is 36.4 Å². The van der Waals surface area contributed by atoms with Gasteiger partial charge in [0.15, 0.2) is 0 Å². The first-order valence-electron chi connectivity index (χ1n) is 12.0. The third-order valence-corrected chi connectivity index (χ3v) is 6.21. The van der Waals surface area contributed by atoms with E-state index in [4.69, 9.17) is 4.74 Å². The van der Waals surface area contributed by atoms with Crippen LogP contribution in [0.4, 0.5) is 0 Å². The van der Waals surface area contributed by atoms with Crippen molar-refractivity contribution < 1.29 is 24.9 Å². The minimum Gasteiger partial charge on any atom is -0.507 e. The lowest BCUT2D eigenvalue weighted by Crippen LogP contribution is -2.20. The number of aromatic nitrogens is 1. The second-order valence-corrected chi connectivity index (χ2v) is 8.80. The monoisotopic (exact) mass is 473 g/mol. The molecule has 3 N–H and O–H groups in total. The number of aromatic hydroxyl groups is 2. The van der Waals surface area contributed by atoms with E-state index in [1.165, 1.54) is 0 Å². The Kier molecular flexibility index (Phi) is 7.73. The maximum atomic E-state index is 12.2. The third kappa shape index (κ3) is 5.66. The standard InChI is InChI=1S/C29H31NO5/c1-2-3-9-20-14-15-27(32)25(28(20)33)18-30-17-22(24-12-7-8-13-26(24)30)16-23(31)19-35-29(34)21-10-5-4-6-11-21/h4-8,10-15,17,23,31-33H,2-3,9,16,18-19H2,1H3. The molecule has 0 spiro atoms. The molecule has 6 heteroatoms. The van der Waals surface area contributed by atoms with Gasteiger partial charge in [0, 0.05) is 23.5 Å². The molecule has 4 aromatic rings. The molecule has 6 nitrogen and oxygen atoms in total. The van der Waals surface area contributed by atoms with Gasteiger partial charge in [0.05, 0.1) is 23.8 Å². The van der Waals surface area contributed by atoms with Crippen LogP contribution in [-0.2, 0) is 24.1 Å². The average molecular weight is 474 g/mol. The fourth-order valence-corrected chi connectivity index (χ4v) is 4.33. The van der Waals surface area contributed by atoms with Crippen molar-refractivity contribution in [3.8, 4) is 11.5 Å². The summed E-state index contributed by atoms with van der Waals surface area (Å²) in [5.41, 5.74) is 3.56. The summed E-state index contributed by atoms with van der Waals surface area (Å²) >= 11 is 0. The molecular formula is C29H31NO5. The van der Waals surface area contributed by atoms with Crippen molar-refractivity contribution in [2.45, 2.75) is 45.3 Å². The van der Waals surface area contributed by atoms with Crippen LogP contribution in [0.1, 0.15) is 46.8 Å². The SMILES string of the molecule is CCCCc1ccc(O)c(Cn2cc(CC(O)COC(=O)c3ccccc3)c3ccccc32)c1O. The number of hydrogen-bond acceptors (Lipinski definition) is 5. The number of aryl methyl sites for hydroxylation is 1. The highest BCUT2D eigenvalue weighted by Gasteiger charge is 2.18. The van der Waals surface area contributed by atoms with Crippen molar-refractivity contribution in [2.75, 3.05) is 6.61 Å². The predicted molar refractivity (Wildman–Crippen MR) is 136 cm³/mol. The number of benzene rings is 3. The van der Waals surface area contributed by atoms with Crippen LogP contribution in [0.15, 0.2) is 72.9 Å². The van der Waals surface area contributed by atoms with Crippen molar-refractivity contribution in [1.29, 1.82) is 0 Å². The number of esters is 1. The van der Waals surface area contributed by atoms with Crippen LogP contribution in [0.25, 0.3) is 10.9 Å². The van der Waals surface area contributed by atoms with Crippen LogP contribution < -0.4 is 0 Å². The van der Waals surface area contributed by atoms with Gasteiger partial charge in [0.25, 0.3) is 0 Å². The number of nitrogens with zero attached hydrogens (tertiary/aromatic N) is 1. The Hall–Kier alpha value is -3.77. The number of carbonyl (C=O) groups is 1. The molecule has 0 aliphatic rings. The van der Waals surface area contributed by atoms with Gasteiger partial charge in [0.1, 0.15) is 18.1 Å². The van der Waals surface area contributed by atoms with Gasteiger partial charge < -0.3 is 24.6 Å². The van der Waals surface area contributed by atoms with E-state index in [9.17, 15) is 20.1 Å². The van der Waals surface area contributed by atoms with Gasteiger partial charge >= 0.3 is 5.97 Å². The molecule has 4 rings (SSSR count). The average Bonchev–Trinajstić information content (AvgIpc) is 3.22. The van der Waals surface area contributed by atoms with Crippen molar-refractivity contribution in [1.82, 2.24) is 4.57 Å². The number of fused-ring (bicyclic) bond motifs is 1. The van der Waals surface area contributed by atoms with Crippen LogP contribution >= 0.6 is 0 Å². The number of rotatable bonds is 10. The summed E-state index contributed by atoms with van der Waals surface area (Å²) < 4.78 is 7.26.